The molecule has 0 aromatic carbocycles. The molecule has 3 aliphatic rings. The molecule has 4 aromatic rings. The Morgan fingerprint density at radius 1 is 1.05 bits per heavy atom. The highest BCUT2D eigenvalue weighted by atomic mass is 32.2. The molecule has 1 amide bonds. The van der Waals surface area contributed by atoms with Gasteiger partial charge in [-0.2, -0.15) is 0 Å². The number of anilines is 2. The van der Waals surface area contributed by atoms with Crippen LogP contribution in [0.1, 0.15) is 34.6 Å². The fourth-order valence-electron chi connectivity index (χ4n) is 5.65. The Labute approximate surface area is 238 Å². The Bertz CT molecular complexity index is 1790. The highest BCUT2D eigenvalue weighted by Gasteiger charge is 2.45. The Morgan fingerprint density at radius 2 is 1.90 bits per heavy atom. The molecule has 0 unspecified atom stereocenters. The Kier molecular flexibility index (Phi) is 6.12. The van der Waals surface area contributed by atoms with Crippen LogP contribution in [0.25, 0.3) is 22.3 Å². The maximum atomic E-state index is 12.9. The summed E-state index contributed by atoms with van der Waals surface area (Å²) < 4.78 is 25.5. The normalized spacial score (nSPS) is 17.6. The van der Waals surface area contributed by atoms with E-state index in [1.54, 1.807) is 12.4 Å². The van der Waals surface area contributed by atoms with Gasteiger partial charge in [-0.1, -0.05) is 6.07 Å². The number of rotatable bonds is 6. The number of fused-ring (bicyclic) bond motifs is 2. The molecule has 1 aliphatic carbocycles. The number of hydrogen-bond acceptors (Lipinski definition) is 9. The van der Waals surface area contributed by atoms with Crippen LogP contribution in [-0.4, -0.2) is 72.2 Å². The maximum Gasteiger partial charge on any atom is 0.270 e. The van der Waals surface area contributed by atoms with Gasteiger partial charge in [0.05, 0.1) is 41.1 Å². The van der Waals surface area contributed by atoms with Crippen LogP contribution in [-0.2, 0) is 23.0 Å². The number of hydrogen-bond donors (Lipinski definition) is 2. The number of sulfonamides is 1. The van der Waals surface area contributed by atoms with Crippen LogP contribution in [0.4, 0.5) is 11.5 Å². The van der Waals surface area contributed by atoms with Gasteiger partial charge >= 0.3 is 0 Å². The fourth-order valence-corrected chi connectivity index (χ4v) is 6.60. The van der Waals surface area contributed by atoms with Gasteiger partial charge in [-0.15, -0.1) is 0 Å². The van der Waals surface area contributed by atoms with Crippen molar-refractivity contribution in [3.05, 3.63) is 71.8 Å². The molecular formula is C29H30N8O3S. The topological polar surface area (TPSA) is 133 Å². The molecule has 0 bridgehead atoms. The van der Waals surface area contributed by atoms with Crippen LogP contribution in [0.2, 0.25) is 0 Å². The second-order valence-corrected chi connectivity index (χ2v) is 12.9. The number of carbonyl (C=O) groups is 1. The van der Waals surface area contributed by atoms with Crippen LogP contribution in [0.3, 0.4) is 0 Å². The SMILES string of the molecule is CS(=O)(=O)N1CCc2cnc(C(=O)NCc3cc4nc(-c5cccc(N6CCNC7(CC7)C6)n5)ccc4cn3)cc21. The Balaban J connectivity index is 1.08. The molecule has 6 heterocycles. The summed E-state index contributed by atoms with van der Waals surface area (Å²) in [5, 5.41) is 7.37. The molecule has 2 aliphatic heterocycles. The number of aromatic nitrogens is 4. The largest absolute Gasteiger partial charge is 0.353 e. The number of piperazine rings is 1. The summed E-state index contributed by atoms with van der Waals surface area (Å²) in [6.07, 6.45) is 7.49. The minimum Gasteiger partial charge on any atom is -0.353 e. The molecule has 210 valence electrons. The van der Waals surface area contributed by atoms with Gasteiger partial charge in [0.2, 0.25) is 10.0 Å². The second-order valence-electron chi connectivity index (χ2n) is 11.0. The minimum absolute atomic E-state index is 0.156. The minimum atomic E-state index is -3.42. The molecule has 12 heteroatoms. The van der Waals surface area contributed by atoms with Gasteiger partial charge in [0.25, 0.3) is 5.91 Å². The van der Waals surface area contributed by atoms with E-state index >= 15 is 0 Å². The first-order valence-electron chi connectivity index (χ1n) is 13.7. The molecule has 11 nitrogen and oxygen atoms in total. The lowest BCUT2D eigenvalue weighted by Crippen LogP contribution is -2.52. The predicted octanol–water partition coefficient (Wildman–Crippen LogP) is 2.28. The molecule has 1 saturated heterocycles. The fraction of sp³-hybridized carbons (Fsp3) is 0.345. The second kappa shape index (κ2) is 9.74. The summed E-state index contributed by atoms with van der Waals surface area (Å²) in [6.45, 7) is 3.41. The third-order valence-corrected chi connectivity index (χ3v) is 9.24. The van der Waals surface area contributed by atoms with Crippen LogP contribution in [0.5, 0.6) is 0 Å². The monoisotopic (exact) mass is 570 g/mol. The third kappa shape index (κ3) is 5.08. The lowest BCUT2D eigenvalue weighted by molar-refractivity contribution is 0.0945. The third-order valence-electron chi connectivity index (χ3n) is 8.06. The smallest absolute Gasteiger partial charge is 0.270 e. The molecule has 4 aromatic heterocycles. The quantitative estimate of drug-likeness (QED) is 0.358. The molecule has 2 N–H and O–H groups in total. The van der Waals surface area contributed by atoms with Gasteiger partial charge in [-0.3, -0.25) is 19.1 Å². The summed E-state index contributed by atoms with van der Waals surface area (Å²) in [5.41, 5.74) is 4.73. The number of nitrogens with one attached hydrogen (secondary N) is 2. The zero-order valence-corrected chi connectivity index (χ0v) is 23.5. The van der Waals surface area contributed by atoms with Gasteiger partial charge in [0.15, 0.2) is 0 Å². The van der Waals surface area contributed by atoms with E-state index in [9.17, 15) is 13.2 Å². The summed E-state index contributed by atoms with van der Waals surface area (Å²) >= 11 is 0. The van der Waals surface area contributed by atoms with E-state index in [2.05, 4.69) is 31.6 Å². The van der Waals surface area contributed by atoms with E-state index in [0.29, 0.717) is 24.3 Å². The average Bonchev–Trinajstić information content (AvgIpc) is 3.56. The first kappa shape index (κ1) is 25.8. The van der Waals surface area contributed by atoms with Crippen molar-refractivity contribution in [2.75, 3.05) is 41.6 Å². The number of nitrogens with zero attached hydrogens (tertiary/aromatic N) is 6. The van der Waals surface area contributed by atoms with Gasteiger partial charge in [0, 0.05) is 49.5 Å². The number of amides is 1. The summed E-state index contributed by atoms with van der Waals surface area (Å²) in [6, 6.07) is 13.4. The maximum absolute atomic E-state index is 12.9. The molecular weight excluding hydrogens is 540 g/mol. The predicted molar refractivity (Wildman–Crippen MR) is 156 cm³/mol. The van der Waals surface area contributed by atoms with Gasteiger partial charge < -0.3 is 15.5 Å². The zero-order valence-electron chi connectivity index (χ0n) is 22.7. The van der Waals surface area contributed by atoms with Crippen LogP contribution in [0, 0.1) is 0 Å². The van der Waals surface area contributed by atoms with Crippen molar-refractivity contribution >= 4 is 38.3 Å². The standard InChI is InChI=1S/C29H30N8O3S/c1-41(39,40)37-11-7-20-16-31-25(14-26(20)37)28(38)32-17-21-13-24-19(15-30-21)5-6-23(34-24)22-3-2-4-27(35-22)36-12-10-33-29(18-36)8-9-29/h2-6,13-16,33H,7-12,17-18H2,1H3,(H,32,38). The first-order valence-corrected chi connectivity index (χ1v) is 15.6. The van der Waals surface area contributed by atoms with Gasteiger partial charge in [-0.25, -0.2) is 18.4 Å². The Hall–Kier alpha value is -4.16. The van der Waals surface area contributed by atoms with Crippen LogP contribution in [0.15, 0.2) is 54.9 Å². The van der Waals surface area contributed by atoms with Crippen molar-refractivity contribution in [1.82, 2.24) is 30.6 Å². The van der Waals surface area contributed by atoms with Crippen LogP contribution < -0.4 is 19.8 Å². The van der Waals surface area contributed by atoms with E-state index in [1.807, 2.05) is 30.3 Å². The molecule has 0 atom stereocenters. The summed E-state index contributed by atoms with van der Waals surface area (Å²) in [4.78, 5) is 33.8. The molecule has 1 saturated carbocycles. The molecule has 41 heavy (non-hydrogen) atoms. The zero-order chi connectivity index (χ0) is 28.2. The van der Waals surface area contributed by atoms with Crippen molar-refractivity contribution in [2.45, 2.75) is 31.3 Å². The van der Waals surface area contributed by atoms with Gasteiger partial charge in [-0.05, 0) is 61.2 Å². The summed E-state index contributed by atoms with van der Waals surface area (Å²) in [5.74, 6) is 0.564. The molecule has 0 radical (unpaired) electrons. The molecule has 7 rings (SSSR count). The number of carbonyl (C=O) groups excluding carboxylic acids is 1. The highest BCUT2D eigenvalue weighted by molar-refractivity contribution is 7.92. The first-order chi connectivity index (χ1) is 19.8. The van der Waals surface area contributed by atoms with Crippen molar-refractivity contribution in [3.8, 4) is 11.4 Å². The van der Waals surface area contributed by atoms with Crippen molar-refractivity contribution in [3.63, 3.8) is 0 Å². The van der Waals surface area contributed by atoms with E-state index in [1.165, 1.54) is 23.2 Å². The lowest BCUT2D eigenvalue weighted by Gasteiger charge is -2.35. The van der Waals surface area contributed by atoms with Crippen molar-refractivity contribution in [2.24, 2.45) is 0 Å². The summed E-state index contributed by atoms with van der Waals surface area (Å²) in [7, 11) is -3.42. The molecule has 2 fully saturated rings. The average molecular weight is 571 g/mol. The lowest BCUT2D eigenvalue weighted by atomic mass is 10.1. The Morgan fingerprint density at radius 3 is 2.73 bits per heavy atom. The van der Waals surface area contributed by atoms with Crippen molar-refractivity contribution in [1.29, 1.82) is 0 Å². The van der Waals surface area contributed by atoms with Crippen molar-refractivity contribution < 1.29 is 13.2 Å². The van der Waals surface area contributed by atoms with Crippen LogP contribution >= 0.6 is 0 Å². The van der Waals surface area contributed by atoms with E-state index in [4.69, 9.17) is 9.97 Å². The van der Waals surface area contributed by atoms with Gasteiger partial charge in [0.1, 0.15) is 11.5 Å². The highest BCUT2D eigenvalue weighted by Crippen LogP contribution is 2.38. The van der Waals surface area contributed by atoms with E-state index < -0.39 is 15.9 Å². The van der Waals surface area contributed by atoms with E-state index in [-0.39, 0.29) is 17.8 Å². The van der Waals surface area contributed by atoms with E-state index in [0.717, 1.165) is 59.6 Å². The number of pyridine rings is 4. The molecule has 1 spiro atoms.